The van der Waals surface area contributed by atoms with Gasteiger partial charge in [0.2, 0.25) is 0 Å². The molecule has 0 bridgehead atoms. The minimum atomic E-state index is -0.693. The van der Waals surface area contributed by atoms with Gasteiger partial charge in [-0.2, -0.15) is 0 Å². The van der Waals surface area contributed by atoms with Crippen LogP contribution in [0.2, 0.25) is 0 Å². The topological polar surface area (TPSA) is 85.5 Å². The van der Waals surface area contributed by atoms with Gasteiger partial charge in [-0.05, 0) is 30.5 Å². The molecule has 2 aromatic rings. The third-order valence-corrected chi connectivity index (χ3v) is 3.09. The summed E-state index contributed by atoms with van der Waals surface area (Å²) in [5.41, 5.74) is 2.11. The average molecular weight is 287 g/mol. The minimum Gasteiger partial charge on any atom is -0.441 e. The summed E-state index contributed by atoms with van der Waals surface area (Å²) in [5.74, 6) is 5.57. The summed E-state index contributed by atoms with van der Waals surface area (Å²) in [6, 6.07) is 9.87. The molecule has 1 aromatic carbocycles. The van der Waals surface area contributed by atoms with Crippen LogP contribution in [0.3, 0.4) is 0 Å². The number of rotatable bonds is 6. The lowest BCUT2D eigenvalue weighted by Gasteiger charge is -2.15. The number of pyridine rings is 1. The van der Waals surface area contributed by atoms with E-state index in [0.29, 0.717) is 19.3 Å². The van der Waals surface area contributed by atoms with Crippen molar-refractivity contribution in [1.29, 1.82) is 0 Å². The average Bonchev–Trinajstić information content (AvgIpc) is 2.52. The number of aryl methyl sites for hydroxylation is 1. The second kappa shape index (κ2) is 7.35. The van der Waals surface area contributed by atoms with E-state index in [1.807, 2.05) is 30.3 Å². The monoisotopic (exact) mass is 287 g/mol. The summed E-state index contributed by atoms with van der Waals surface area (Å²) in [4.78, 5) is 25.8. The van der Waals surface area contributed by atoms with Crippen molar-refractivity contribution in [3.63, 3.8) is 0 Å². The highest BCUT2D eigenvalue weighted by Crippen LogP contribution is 2.17. The first-order valence-electron chi connectivity index (χ1n) is 6.67. The van der Waals surface area contributed by atoms with Crippen molar-refractivity contribution >= 4 is 23.3 Å². The lowest BCUT2D eigenvalue weighted by Crippen LogP contribution is -2.39. The third kappa shape index (κ3) is 4.00. The zero-order valence-corrected chi connectivity index (χ0v) is 11.6. The van der Waals surface area contributed by atoms with E-state index in [9.17, 15) is 9.59 Å². The van der Waals surface area contributed by atoms with Crippen LogP contribution >= 0.6 is 0 Å². The Morgan fingerprint density at radius 2 is 2.14 bits per heavy atom. The molecule has 1 amide bonds. The number of aldehydes is 1. The quantitative estimate of drug-likeness (QED) is 0.378. The molecule has 1 heterocycles. The molecule has 0 unspecified atom stereocenters. The first-order valence-corrected chi connectivity index (χ1v) is 6.67. The molecule has 0 aliphatic heterocycles. The van der Waals surface area contributed by atoms with Gasteiger partial charge < -0.3 is 4.74 Å². The van der Waals surface area contributed by atoms with Gasteiger partial charge in [-0.1, -0.05) is 18.2 Å². The number of nitrogens with zero attached hydrogens (tertiary/aromatic N) is 2. The number of hydrogen-bond donors (Lipinski definition) is 1. The van der Waals surface area contributed by atoms with Gasteiger partial charge in [0, 0.05) is 18.1 Å². The summed E-state index contributed by atoms with van der Waals surface area (Å²) in [5, 5.41) is 2.08. The molecule has 0 aliphatic carbocycles. The van der Waals surface area contributed by atoms with Crippen LogP contribution in [0.25, 0.3) is 10.9 Å². The van der Waals surface area contributed by atoms with Crippen LogP contribution in [0.5, 0.6) is 0 Å². The predicted octanol–water partition coefficient (Wildman–Crippen LogP) is 1.68. The molecule has 0 atom stereocenters. The van der Waals surface area contributed by atoms with Gasteiger partial charge in [-0.25, -0.2) is 15.6 Å². The van der Waals surface area contributed by atoms with E-state index in [1.165, 1.54) is 0 Å². The zero-order chi connectivity index (χ0) is 15.1. The molecule has 0 fully saturated rings. The maximum atomic E-state index is 11.4. The summed E-state index contributed by atoms with van der Waals surface area (Å²) in [7, 11) is 0. The molecular weight excluding hydrogens is 270 g/mol. The fourth-order valence-electron chi connectivity index (χ4n) is 2.09. The Morgan fingerprint density at radius 3 is 2.95 bits per heavy atom. The minimum absolute atomic E-state index is 0.276. The van der Waals surface area contributed by atoms with Crippen LogP contribution in [0.1, 0.15) is 12.0 Å². The number of fused-ring (bicyclic) bond motifs is 1. The molecule has 0 radical (unpaired) electrons. The molecule has 2 N–H and O–H groups in total. The van der Waals surface area contributed by atoms with Gasteiger partial charge in [-0.3, -0.25) is 9.78 Å². The van der Waals surface area contributed by atoms with E-state index in [4.69, 9.17) is 5.84 Å². The van der Waals surface area contributed by atoms with E-state index in [1.54, 1.807) is 6.20 Å². The van der Waals surface area contributed by atoms with Crippen LogP contribution in [0.4, 0.5) is 4.79 Å². The first kappa shape index (κ1) is 14.9. The number of amides is 1. The number of carbonyl (C=O) groups excluding carboxylic acids is 2. The molecule has 0 spiro atoms. The predicted molar refractivity (Wildman–Crippen MR) is 78.4 cm³/mol. The largest absolute Gasteiger partial charge is 0.441 e. The lowest BCUT2D eigenvalue weighted by atomic mass is 10.0. The Morgan fingerprint density at radius 1 is 1.33 bits per heavy atom. The number of hydrazine groups is 1. The highest BCUT2D eigenvalue weighted by molar-refractivity contribution is 5.81. The van der Waals surface area contributed by atoms with Crippen molar-refractivity contribution in [2.45, 2.75) is 12.8 Å². The van der Waals surface area contributed by atoms with Crippen molar-refractivity contribution in [1.82, 2.24) is 9.99 Å². The molecule has 21 heavy (non-hydrogen) atoms. The number of benzene rings is 1. The van der Waals surface area contributed by atoms with Crippen LogP contribution in [-0.4, -0.2) is 35.5 Å². The molecule has 110 valence electrons. The molecule has 0 saturated heterocycles. The van der Waals surface area contributed by atoms with Crippen molar-refractivity contribution < 1.29 is 14.3 Å². The SMILES string of the molecule is NN(CCCc1ccnc2ccccc12)C(=O)OCC=O. The molecule has 2 rings (SSSR count). The highest BCUT2D eigenvalue weighted by Gasteiger charge is 2.10. The maximum Gasteiger partial charge on any atom is 0.424 e. The fourth-order valence-corrected chi connectivity index (χ4v) is 2.09. The van der Waals surface area contributed by atoms with E-state index in [0.717, 1.165) is 27.9 Å². The summed E-state index contributed by atoms with van der Waals surface area (Å²) in [6.07, 6.45) is 3.06. The second-order valence-electron chi connectivity index (χ2n) is 4.53. The Hall–Kier alpha value is -2.47. The van der Waals surface area contributed by atoms with Crippen molar-refractivity contribution in [2.24, 2.45) is 5.84 Å². The number of carbonyl (C=O) groups is 2. The number of nitrogens with two attached hydrogens (primary N) is 1. The van der Waals surface area contributed by atoms with Crippen molar-refractivity contribution in [3.05, 3.63) is 42.1 Å². The molecule has 0 aliphatic rings. The standard InChI is InChI=1S/C15H17N3O3/c16-18(15(20)21-11-10-19)9-3-4-12-7-8-17-14-6-2-1-5-13(12)14/h1-2,5-8,10H,3-4,9,11,16H2. The maximum absolute atomic E-state index is 11.4. The Kier molecular flexibility index (Phi) is 5.22. The van der Waals surface area contributed by atoms with E-state index in [2.05, 4.69) is 9.72 Å². The Labute approximate surface area is 122 Å². The number of para-hydroxylation sites is 1. The van der Waals surface area contributed by atoms with Gasteiger partial charge in [-0.15, -0.1) is 0 Å². The third-order valence-electron chi connectivity index (χ3n) is 3.09. The van der Waals surface area contributed by atoms with Crippen LogP contribution in [-0.2, 0) is 16.0 Å². The number of hydrogen-bond acceptors (Lipinski definition) is 5. The van der Waals surface area contributed by atoms with E-state index >= 15 is 0 Å². The first-order chi connectivity index (χ1) is 10.2. The summed E-state index contributed by atoms with van der Waals surface area (Å²) >= 11 is 0. The lowest BCUT2D eigenvalue weighted by molar-refractivity contribution is -0.110. The number of aromatic nitrogens is 1. The fraction of sp³-hybridized carbons (Fsp3) is 0.267. The molecule has 0 saturated carbocycles. The van der Waals surface area contributed by atoms with Crippen LogP contribution < -0.4 is 5.84 Å². The van der Waals surface area contributed by atoms with Gasteiger partial charge in [0.05, 0.1) is 5.52 Å². The summed E-state index contributed by atoms with van der Waals surface area (Å²) in [6.45, 7) is 0.0792. The van der Waals surface area contributed by atoms with Crippen molar-refractivity contribution in [2.75, 3.05) is 13.2 Å². The van der Waals surface area contributed by atoms with E-state index < -0.39 is 6.09 Å². The Bertz CT molecular complexity index is 625. The highest BCUT2D eigenvalue weighted by atomic mass is 16.6. The zero-order valence-electron chi connectivity index (χ0n) is 11.6. The van der Waals surface area contributed by atoms with Gasteiger partial charge in [0.1, 0.15) is 6.61 Å². The van der Waals surface area contributed by atoms with Gasteiger partial charge in [0.15, 0.2) is 6.29 Å². The second-order valence-corrected chi connectivity index (χ2v) is 4.53. The normalized spacial score (nSPS) is 10.3. The van der Waals surface area contributed by atoms with E-state index in [-0.39, 0.29) is 6.61 Å². The molecule has 6 nitrogen and oxygen atoms in total. The Balaban J connectivity index is 1.90. The number of ether oxygens (including phenoxy) is 1. The molecule has 1 aromatic heterocycles. The van der Waals surface area contributed by atoms with Crippen molar-refractivity contribution in [3.8, 4) is 0 Å². The molecular formula is C15H17N3O3. The smallest absolute Gasteiger partial charge is 0.424 e. The summed E-state index contributed by atoms with van der Waals surface area (Å²) < 4.78 is 4.61. The van der Waals surface area contributed by atoms with Gasteiger partial charge >= 0.3 is 6.09 Å². The van der Waals surface area contributed by atoms with Gasteiger partial charge in [0.25, 0.3) is 0 Å². The molecule has 6 heteroatoms. The van der Waals surface area contributed by atoms with Crippen LogP contribution in [0, 0.1) is 0 Å². The van der Waals surface area contributed by atoms with Crippen LogP contribution in [0.15, 0.2) is 36.5 Å².